The number of hydrogen-bond donors (Lipinski definition) is 1. The molecule has 0 saturated carbocycles. The normalized spacial score (nSPS) is 13.5. The first-order chi connectivity index (χ1) is 14.2. The van der Waals surface area contributed by atoms with Crippen LogP contribution in [0, 0.1) is 0 Å². The minimum atomic E-state index is -0.275. The minimum absolute atomic E-state index is 0.117. The van der Waals surface area contributed by atoms with Crippen LogP contribution in [-0.4, -0.2) is 29.9 Å². The van der Waals surface area contributed by atoms with Crippen LogP contribution in [0.15, 0.2) is 65.2 Å². The van der Waals surface area contributed by atoms with Gasteiger partial charge in [-0.25, -0.2) is 4.98 Å². The van der Waals surface area contributed by atoms with Gasteiger partial charge in [0, 0.05) is 24.2 Å². The van der Waals surface area contributed by atoms with Crippen molar-refractivity contribution in [1.29, 1.82) is 0 Å². The number of aromatic nitrogens is 1. The number of carbonyl (C=O) groups is 2. The number of nitrogens with zero attached hydrogens (tertiary/aromatic N) is 2. The van der Waals surface area contributed by atoms with Crippen molar-refractivity contribution >= 4 is 17.5 Å². The molecule has 0 aliphatic carbocycles. The number of hydrogen-bond acceptors (Lipinski definition) is 5. The Morgan fingerprint density at radius 2 is 1.93 bits per heavy atom. The monoisotopic (exact) mass is 391 g/mol. The number of oxazole rings is 1. The standard InChI is InChI=1S/C22H21N3O4/c26-20(23-14-21-24-13-19(29-21)16-5-2-1-3-6-16)15-28-18-10-8-17(9-11-18)25-12-4-7-22(25)27/h1-3,5-6,8-11,13H,4,7,12,14-15H2,(H,23,26). The van der Waals surface area contributed by atoms with Crippen LogP contribution in [0.25, 0.3) is 11.3 Å². The molecule has 0 radical (unpaired) electrons. The predicted molar refractivity (Wildman–Crippen MR) is 107 cm³/mol. The van der Waals surface area contributed by atoms with Gasteiger partial charge >= 0.3 is 0 Å². The molecule has 4 rings (SSSR count). The molecule has 0 atom stereocenters. The number of anilines is 1. The van der Waals surface area contributed by atoms with Gasteiger partial charge in [-0.05, 0) is 30.7 Å². The van der Waals surface area contributed by atoms with Crippen molar-refractivity contribution in [1.82, 2.24) is 10.3 Å². The Kier molecular flexibility index (Phi) is 5.56. The topological polar surface area (TPSA) is 84.7 Å². The number of amides is 2. The Balaban J connectivity index is 1.24. The lowest BCUT2D eigenvalue weighted by Crippen LogP contribution is -2.28. The van der Waals surface area contributed by atoms with Crippen LogP contribution in [-0.2, 0) is 16.1 Å². The average Bonchev–Trinajstić information content (AvgIpc) is 3.41. The third kappa shape index (κ3) is 4.63. The summed E-state index contributed by atoms with van der Waals surface area (Å²) in [4.78, 5) is 29.7. The number of ether oxygens (including phenoxy) is 1. The average molecular weight is 391 g/mol. The first-order valence-electron chi connectivity index (χ1n) is 9.49. The van der Waals surface area contributed by atoms with Gasteiger partial charge in [0.15, 0.2) is 12.4 Å². The Bertz CT molecular complexity index is 983. The van der Waals surface area contributed by atoms with Gasteiger partial charge in [-0.2, -0.15) is 0 Å². The third-order valence-corrected chi connectivity index (χ3v) is 4.64. The molecule has 0 bridgehead atoms. The van der Waals surface area contributed by atoms with E-state index in [0.717, 1.165) is 24.2 Å². The van der Waals surface area contributed by atoms with Crippen molar-refractivity contribution in [3.05, 3.63) is 66.7 Å². The maximum Gasteiger partial charge on any atom is 0.258 e. The fourth-order valence-electron chi connectivity index (χ4n) is 3.15. The predicted octanol–water partition coefficient (Wildman–Crippen LogP) is 3.16. The molecule has 7 heteroatoms. The van der Waals surface area contributed by atoms with E-state index in [-0.39, 0.29) is 25.0 Å². The van der Waals surface area contributed by atoms with E-state index >= 15 is 0 Å². The summed E-state index contributed by atoms with van der Waals surface area (Å²) in [5, 5.41) is 2.72. The van der Waals surface area contributed by atoms with Crippen molar-refractivity contribution in [2.24, 2.45) is 0 Å². The highest BCUT2D eigenvalue weighted by molar-refractivity contribution is 5.95. The quantitative estimate of drug-likeness (QED) is 0.669. The van der Waals surface area contributed by atoms with E-state index in [1.165, 1.54) is 0 Å². The Hall–Kier alpha value is -3.61. The number of benzene rings is 2. The summed E-state index contributed by atoms with van der Waals surface area (Å²) in [5.41, 5.74) is 1.78. The largest absolute Gasteiger partial charge is 0.484 e. The maximum absolute atomic E-state index is 12.0. The first kappa shape index (κ1) is 18.7. The molecule has 0 unspecified atom stereocenters. The number of nitrogens with one attached hydrogen (secondary N) is 1. The molecule has 148 valence electrons. The SMILES string of the molecule is O=C(COc1ccc(N2CCCC2=O)cc1)NCc1ncc(-c2ccccc2)o1. The van der Waals surface area contributed by atoms with Crippen LogP contribution >= 0.6 is 0 Å². The second-order valence-electron chi connectivity index (χ2n) is 6.69. The zero-order chi connectivity index (χ0) is 20.1. The molecule has 7 nitrogen and oxygen atoms in total. The second-order valence-corrected chi connectivity index (χ2v) is 6.69. The van der Waals surface area contributed by atoms with Crippen molar-refractivity contribution in [3.63, 3.8) is 0 Å². The van der Waals surface area contributed by atoms with Crippen molar-refractivity contribution < 1.29 is 18.7 Å². The Morgan fingerprint density at radius 1 is 1.14 bits per heavy atom. The van der Waals surface area contributed by atoms with E-state index in [1.807, 2.05) is 42.5 Å². The molecule has 1 saturated heterocycles. The summed E-state index contributed by atoms with van der Waals surface area (Å²) >= 11 is 0. The summed E-state index contributed by atoms with van der Waals surface area (Å²) in [7, 11) is 0. The van der Waals surface area contributed by atoms with E-state index in [2.05, 4.69) is 10.3 Å². The Labute approximate surface area is 168 Å². The van der Waals surface area contributed by atoms with Crippen molar-refractivity contribution in [2.45, 2.75) is 19.4 Å². The fraction of sp³-hybridized carbons (Fsp3) is 0.227. The molecule has 2 heterocycles. The van der Waals surface area contributed by atoms with E-state index in [4.69, 9.17) is 9.15 Å². The number of rotatable bonds is 7. The third-order valence-electron chi connectivity index (χ3n) is 4.64. The van der Waals surface area contributed by atoms with Gasteiger partial charge in [0.05, 0.1) is 12.7 Å². The van der Waals surface area contributed by atoms with Gasteiger partial charge in [-0.3, -0.25) is 9.59 Å². The van der Waals surface area contributed by atoms with Crippen LogP contribution in [0.2, 0.25) is 0 Å². The summed E-state index contributed by atoms with van der Waals surface area (Å²) in [6, 6.07) is 16.8. The highest BCUT2D eigenvalue weighted by Crippen LogP contribution is 2.24. The fourth-order valence-corrected chi connectivity index (χ4v) is 3.15. The van der Waals surface area contributed by atoms with E-state index in [0.29, 0.717) is 23.8 Å². The summed E-state index contributed by atoms with van der Waals surface area (Å²) in [5.74, 6) is 1.51. The van der Waals surface area contributed by atoms with Gasteiger partial charge in [0.25, 0.3) is 5.91 Å². The van der Waals surface area contributed by atoms with Crippen LogP contribution < -0.4 is 15.0 Å². The van der Waals surface area contributed by atoms with Gasteiger partial charge in [0.2, 0.25) is 11.8 Å². The highest BCUT2D eigenvalue weighted by Gasteiger charge is 2.21. The minimum Gasteiger partial charge on any atom is -0.484 e. The van der Waals surface area contributed by atoms with Crippen molar-refractivity contribution in [3.8, 4) is 17.1 Å². The summed E-state index contributed by atoms with van der Waals surface area (Å²) < 4.78 is 11.2. The summed E-state index contributed by atoms with van der Waals surface area (Å²) in [6.45, 7) is 0.813. The van der Waals surface area contributed by atoms with Crippen LogP contribution in [0.5, 0.6) is 5.75 Å². The van der Waals surface area contributed by atoms with Gasteiger partial charge in [0.1, 0.15) is 5.75 Å². The molecule has 29 heavy (non-hydrogen) atoms. The highest BCUT2D eigenvalue weighted by atomic mass is 16.5. The van der Waals surface area contributed by atoms with Gasteiger partial charge in [-0.15, -0.1) is 0 Å². The molecule has 3 aromatic rings. The van der Waals surface area contributed by atoms with Crippen LogP contribution in [0.3, 0.4) is 0 Å². The molecule has 1 N–H and O–H groups in total. The lowest BCUT2D eigenvalue weighted by Gasteiger charge is -2.16. The second kappa shape index (κ2) is 8.60. The zero-order valence-electron chi connectivity index (χ0n) is 15.8. The molecule has 0 spiro atoms. The molecule has 1 aliphatic heterocycles. The zero-order valence-corrected chi connectivity index (χ0v) is 15.8. The molecule has 1 aliphatic rings. The van der Waals surface area contributed by atoms with E-state index in [1.54, 1.807) is 23.2 Å². The smallest absolute Gasteiger partial charge is 0.258 e. The molecular weight excluding hydrogens is 370 g/mol. The maximum atomic E-state index is 12.0. The number of carbonyl (C=O) groups excluding carboxylic acids is 2. The first-order valence-corrected chi connectivity index (χ1v) is 9.49. The molecule has 1 fully saturated rings. The van der Waals surface area contributed by atoms with Crippen LogP contribution in [0.4, 0.5) is 5.69 Å². The molecule has 1 aromatic heterocycles. The molecule has 2 aromatic carbocycles. The van der Waals surface area contributed by atoms with E-state index in [9.17, 15) is 9.59 Å². The molecule has 2 amide bonds. The van der Waals surface area contributed by atoms with E-state index < -0.39 is 0 Å². The lowest BCUT2D eigenvalue weighted by atomic mass is 10.2. The van der Waals surface area contributed by atoms with Gasteiger partial charge in [-0.1, -0.05) is 30.3 Å². The van der Waals surface area contributed by atoms with Gasteiger partial charge < -0.3 is 19.4 Å². The van der Waals surface area contributed by atoms with Crippen LogP contribution in [0.1, 0.15) is 18.7 Å². The molecular formula is C22H21N3O4. The Morgan fingerprint density at radius 3 is 2.66 bits per heavy atom. The lowest BCUT2D eigenvalue weighted by molar-refractivity contribution is -0.123. The summed E-state index contributed by atoms with van der Waals surface area (Å²) in [6.07, 6.45) is 3.12. The van der Waals surface area contributed by atoms with Crippen molar-refractivity contribution in [2.75, 3.05) is 18.1 Å².